The van der Waals surface area contributed by atoms with Gasteiger partial charge in [-0.3, -0.25) is 9.69 Å². The highest BCUT2D eigenvalue weighted by Gasteiger charge is 2.52. The molecule has 1 heterocycles. The van der Waals surface area contributed by atoms with Crippen molar-refractivity contribution in [3.8, 4) is 0 Å². The first-order valence-electron chi connectivity index (χ1n) is 7.94. The minimum atomic E-state index is -1.20. The fourth-order valence-electron chi connectivity index (χ4n) is 2.91. The molecule has 1 aromatic carbocycles. The third-order valence-corrected chi connectivity index (χ3v) is 4.81. The fourth-order valence-corrected chi connectivity index (χ4v) is 2.91. The normalized spacial score (nSPS) is 21.7. The van der Waals surface area contributed by atoms with Crippen LogP contribution >= 0.6 is 0 Å². The van der Waals surface area contributed by atoms with Crippen molar-refractivity contribution in [1.29, 1.82) is 0 Å². The maximum atomic E-state index is 13.2. The van der Waals surface area contributed by atoms with Gasteiger partial charge in [0.2, 0.25) is 0 Å². The average molecular weight is 322 g/mol. The molecule has 2 N–H and O–H groups in total. The Hall–Kier alpha value is -1.95. The van der Waals surface area contributed by atoms with Crippen molar-refractivity contribution in [2.75, 3.05) is 6.54 Å². The minimum absolute atomic E-state index is 0.0480. The van der Waals surface area contributed by atoms with Crippen LogP contribution in [0, 0.1) is 5.82 Å². The molecule has 3 amide bonds. The van der Waals surface area contributed by atoms with Crippen LogP contribution in [-0.2, 0) is 10.3 Å². The highest BCUT2D eigenvalue weighted by Crippen LogP contribution is 2.33. The van der Waals surface area contributed by atoms with E-state index in [9.17, 15) is 19.1 Å². The molecule has 0 aliphatic carbocycles. The Morgan fingerprint density at radius 1 is 1.17 bits per heavy atom. The van der Waals surface area contributed by atoms with Gasteiger partial charge < -0.3 is 10.4 Å². The van der Waals surface area contributed by atoms with Crippen LogP contribution in [0.5, 0.6) is 0 Å². The molecule has 1 aliphatic rings. The Labute approximate surface area is 135 Å². The summed E-state index contributed by atoms with van der Waals surface area (Å²) >= 11 is 0. The van der Waals surface area contributed by atoms with Crippen LogP contribution in [0.25, 0.3) is 0 Å². The molecular formula is C17H23FN2O3. The van der Waals surface area contributed by atoms with Gasteiger partial charge in [-0.05, 0) is 37.0 Å². The molecule has 0 aromatic heterocycles. The minimum Gasteiger partial charge on any atom is -0.388 e. The molecule has 1 atom stereocenters. The number of nitrogens with zero attached hydrogens (tertiary/aromatic N) is 1. The zero-order valence-electron chi connectivity index (χ0n) is 13.7. The molecule has 0 saturated carbocycles. The Balaban J connectivity index is 2.36. The second-order valence-corrected chi connectivity index (χ2v) is 6.02. The molecule has 0 radical (unpaired) electrons. The zero-order valence-corrected chi connectivity index (χ0v) is 13.7. The van der Waals surface area contributed by atoms with E-state index in [1.807, 2.05) is 13.8 Å². The molecule has 1 aliphatic heterocycles. The van der Waals surface area contributed by atoms with E-state index >= 15 is 0 Å². The average Bonchev–Trinajstić information content (AvgIpc) is 2.80. The van der Waals surface area contributed by atoms with Crippen molar-refractivity contribution in [2.24, 2.45) is 0 Å². The smallest absolute Gasteiger partial charge is 0.325 e. The molecule has 1 saturated heterocycles. The van der Waals surface area contributed by atoms with E-state index in [2.05, 4.69) is 5.32 Å². The number of hydrogen-bond acceptors (Lipinski definition) is 3. The molecule has 6 heteroatoms. The monoisotopic (exact) mass is 322 g/mol. The Morgan fingerprint density at radius 2 is 1.74 bits per heavy atom. The predicted molar refractivity (Wildman–Crippen MR) is 84.1 cm³/mol. The summed E-state index contributed by atoms with van der Waals surface area (Å²) in [6, 6.07) is 5.02. The Kier molecular flexibility index (Phi) is 4.75. The third-order valence-electron chi connectivity index (χ3n) is 4.81. The van der Waals surface area contributed by atoms with Crippen LogP contribution in [0.3, 0.4) is 0 Å². The SMILES string of the molecule is CCC(O)(CC)CN1C(=O)NC(CC)(c2ccc(F)cc2)C1=O. The number of hydrogen-bond donors (Lipinski definition) is 2. The molecule has 1 unspecified atom stereocenters. The van der Waals surface area contributed by atoms with Gasteiger partial charge in [0.05, 0.1) is 12.1 Å². The van der Waals surface area contributed by atoms with E-state index in [1.165, 1.54) is 24.3 Å². The van der Waals surface area contributed by atoms with Gasteiger partial charge in [0.25, 0.3) is 5.91 Å². The van der Waals surface area contributed by atoms with E-state index in [4.69, 9.17) is 0 Å². The number of nitrogens with one attached hydrogen (secondary N) is 1. The number of urea groups is 1. The summed E-state index contributed by atoms with van der Waals surface area (Å²) in [5, 5.41) is 13.2. The van der Waals surface area contributed by atoms with Gasteiger partial charge in [-0.15, -0.1) is 0 Å². The van der Waals surface area contributed by atoms with E-state index < -0.39 is 28.9 Å². The van der Waals surface area contributed by atoms with Crippen molar-refractivity contribution in [3.63, 3.8) is 0 Å². The van der Waals surface area contributed by atoms with Gasteiger partial charge >= 0.3 is 6.03 Å². The van der Waals surface area contributed by atoms with Gasteiger partial charge in [0.15, 0.2) is 0 Å². The maximum absolute atomic E-state index is 13.2. The van der Waals surface area contributed by atoms with Crippen molar-refractivity contribution in [3.05, 3.63) is 35.6 Å². The molecule has 126 valence electrons. The van der Waals surface area contributed by atoms with Crippen molar-refractivity contribution >= 4 is 11.9 Å². The number of imide groups is 1. The fraction of sp³-hybridized carbons (Fsp3) is 0.529. The summed E-state index contributed by atoms with van der Waals surface area (Å²) in [5.41, 5.74) is -1.76. The van der Waals surface area contributed by atoms with Crippen LogP contribution in [0.4, 0.5) is 9.18 Å². The first kappa shape index (κ1) is 17.4. The van der Waals surface area contributed by atoms with E-state index in [1.54, 1.807) is 6.92 Å². The van der Waals surface area contributed by atoms with Gasteiger partial charge in [-0.2, -0.15) is 0 Å². The van der Waals surface area contributed by atoms with Crippen LogP contribution in [0.15, 0.2) is 24.3 Å². The Morgan fingerprint density at radius 3 is 2.22 bits per heavy atom. The lowest BCUT2D eigenvalue weighted by atomic mass is 9.86. The summed E-state index contributed by atoms with van der Waals surface area (Å²) in [6.45, 7) is 5.37. The van der Waals surface area contributed by atoms with Crippen molar-refractivity contribution < 1.29 is 19.1 Å². The standard InChI is InChI=1S/C17H23FN2O3/c1-4-16(23,5-2)11-20-14(21)17(6-3,19-15(20)22)12-7-9-13(18)10-8-12/h7-10,23H,4-6,11H2,1-3H3,(H,19,22). The van der Waals surface area contributed by atoms with Crippen LogP contribution in [-0.4, -0.2) is 34.1 Å². The maximum Gasteiger partial charge on any atom is 0.325 e. The van der Waals surface area contributed by atoms with E-state index in [0.29, 0.717) is 24.8 Å². The predicted octanol–water partition coefficient (Wildman–Crippen LogP) is 2.53. The van der Waals surface area contributed by atoms with E-state index in [0.717, 1.165) is 4.90 Å². The first-order chi connectivity index (χ1) is 10.8. The summed E-state index contributed by atoms with van der Waals surface area (Å²) in [6.07, 6.45) is 1.23. The molecule has 1 aromatic rings. The van der Waals surface area contributed by atoms with Crippen LogP contribution in [0.1, 0.15) is 45.6 Å². The lowest BCUT2D eigenvalue weighted by molar-refractivity contribution is -0.134. The summed E-state index contributed by atoms with van der Waals surface area (Å²) in [5.74, 6) is -0.808. The number of benzene rings is 1. The van der Waals surface area contributed by atoms with Gasteiger partial charge in [0.1, 0.15) is 11.4 Å². The number of β-amino-alcohol motifs (C(OH)–C–C–N with tert-alkyl or cyclic N) is 1. The zero-order chi connectivity index (χ0) is 17.3. The molecule has 2 rings (SSSR count). The number of aliphatic hydroxyl groups is 1. The molecule has 0 bridgehead atoms. The topological polar surface area (TPSA) is 69.6 Å². The quantitative estimate of drug-likeness (QED) is 0.791. The number of amides is 3. The second-order valence-electron chi connectivity index (χ2n) is 6.02. The van der Waals surface area contributed by atoms with Crippen molar-refractivity contribution in [2.45, 2.75) is 51.2 Å². The highest BCUT2D eigenvalue weighted by molar-refractivity contribution is 6.07. The summed E-state index contributed by atoms with van der Waals surface area (Å²) in [4.78, 5) is 26.3. The van der Waals surface area contributed by atoms with Crippen molar-refractivity contribution in [1.82, 2.24) is 10.2 Å². The van der Waals surface area contributed by atoms with Gasteiger partial charge in [-0.25, -0.2) is 9.18 Å². The van der Waals surface area contributed by atoms with Crippen LogP contribution < -0.4 is 5.32 Å². The number of halogens is 1. The largest absolute Gasteiger partial charge is 0.388 e. The third kappa shape index (κ3) is 2.95. The number of carbonyl (C=O) groups excluding carboxylic acids is 2. The van der Waals surface area contributed by atoms with Gasteiger partial charge in [-0.1, -0.05) is 32.9 Å². The highest BCUT2D eigenvalue weighted by atomic mass is 19.1. The molecule has 0 spiro atoms. The summed E-state index contributed by atoms with van der Waals surface area (Å²) in [7, 11) is 0. The number of carbonyl (C=O) groups is 2. The molecule has 5 nitrogen and oxygen atoms in total. The lowest BCUT2D eigenvalue weighted by Gasteiger charge is -2.30. The Bertz CT molecular complexity index is 598. The molecule has 1 fully saturated rings. The number of rotatable bonds is 6. The lowest BCUT2D eigenvalue weighted by Crippen LogP contribution is -2.47. The van der Waals surface area contributed by atoms with Gasteiger partial charge in [0, 0.05) is 0 Å². The summed E-state index contributed by atoms with van der Waals surface area (Å²) < 4.78 is 13.2. The molecular weight excluding hydrogens is 299 g/mol. The second kappa shape index (κ2) is 6.28. The van der Waals surface area contributed by atoms with E-state index in [-0.39, 0.29) is 6.54 Å². The molecule has 23 heavy (non-hydrogen) atoms. The first-order valence-corrected chi connectivity index (χ1v) is 7.94. The van der Waals surface area contributed by atoms with Crippen LogP contribution in [0.2, 0.25) is 0 Å².